The molecule has 1 amide bonds. The van der Waals surface area contributed by atoms with Gasteiger partial charge in [0.25, 0.3) is 0 Å². The van der Waals surface area contributed by atoms with Gasteiger partial charge in [0.05, 0.1) is 4.90 Å². The monoisotopic (exact) mass is 313 g/mol. The Balaban J connectivity index is 0.00000191. The first-order chi connectivity index (χ1) is 10.0. The van der Waals surface area contributed by atoms with Crippen LogP contribution in [-0.4, -0.2) is 11.7 Å². The number of Topliss-reactive ketones (excluding diaryl/α,β-unsaturated/α-hetero) is 1. The van der Waals surface area contributed by atoms with E-state index in [1.165, 1.54) is 13.0 Å². The zero-order valence-corrected chi connectivity index (χ0v) is 14.0. The van der Waals surface area contributed by atoms with E-state index in [1.807, 2.05) is 20.8 Å². The van der Waals surface area contributed by atoms with Crippen molar-refractivity contribution in [3.63, 3.8) is 0 Å². The summed E-state index contributed by atoms with van der Waals surface area (Å²) >= 11 is 0.955. The molecule has 3 nitrogen and oxygen atoms in total. The number of ketones is 1. The first kappa shape index (κ1) is 19.6. The lowest BCUT2D eigenvalue weighted by molar-refractivity contribution is -0.119. The van der Waals surface area contributed by atoms with Gasteiger partial charge >= 0.3 is 0 Å². The van der Waals surface area contributed by atoms with Crippen molar-refractivity contribution in [2.24, 2.45) is 0 Å². The highest BCUT2D eigenvalue weighted by Gasteiger charge is 2.07. The highest BCUT2D eigenvalue weighted by atomic mass is 32.2. The Morgan fingerprint density at radius 1 is 1.24 bits per heavy atom. The van der Waals surface area contributed by atoms with Crippen LogP contribution < -0.4 is 4.72 Å². The van der Waals surface area contributed by atoms with Gasteiger partial charge in [-0.25, -0.2) is 4.39 Å². The largest absolute Gasteiger partial charge is 0.300 e. The molecule has 5 heteroatoms. The van der Waals surface area contributed by atoms with Gasteiger partial charge in [0, 0.05) is 19.8 Å². The predicted octanol–water partition coefficient (Wildman–Crippen LogP) is 4.30. The molecular formula is C16H24FNO2S. The minimum atomic E-state index is -0.376. The summed E-state index contributed by atoms with van der Waals surface area (Å²) in [4.78, 5) is 22.5. The third-order valence-electron chi connectivity index (χ3n) is 2.52. The second-order valence-corrected chi connectivity index (χ2v) is 5.16. The molecule has 0 atom stereocenters. The van der Waals surface area contributed by atoms with E-state index in [2.05, 4.69) is 4.72 Å². The number of hydrogen-bond acceptors (Lipinski definition) is 3. The van der Waals surface area contributed by atoms with Crippen LogP contribution in [0.2, 0.25) is 0 Å². The molecule has 0 aromatic heterocycles. The van der Waals surface area contributed by atoms with Crippen LogP contribution in [0.5, 0.6) is 0 Å². The maximum absolute atomic E-state index is 13.7. The van der Waals surface area contributed by atoms with Crippen molar-refractivity contribution in [1.29, 1.82) is 0 Å². The van der Waals surface area contributed by atoms with Crippen molar-refractivity contribution in [3.8, 4) is 0 Å². The normalized spacial score (nSPS) is 9.57. The van der Waals surface area contributed by atoms with Gasteiger partial charge in [-0.15, -0.1) is 0 Å². The summed E-state index contributed by atoms with van der Waals surface area (Å²) in [6.45, 7) is 7.34. The lowest BCUT2D eigenvalue weighted by Crippen LogP contribution is -2.10. The Labute approximate surface area is 130 Å². The third kappa shape index (κ3) is 8.50. The average molecular weight is 313 g/mol. The van der Waals surface area contributed by atoms with Crippen molar-refractivity contribution in [2.75, 3.05) is 0 Å². The number of rotatable bonds is 7. The van der Waals surface area contributed by atoms with E-state index in [1.54, 1.807) is 12.1 Å². The molecule has 0 radical (unpaired) electrons. The molecule has 0 saturated heterocycles. The van der Waals surface area contributed by atoms with E-state index in [-0.39, 0.29) is 17.5 Å². The Morgan fingerprint density at radius 3 is 2.43 bits per heavy atom. The molecule has 0 unspecified atom stereocenters. The molecule has 1 aromatic carbocycles. The Morgan fingerprint density at radius 2 is 1.90 bits per heavy atom. The van der Waals surface area contributed by atoms with Crippen LogP contribution in [0.3, 0.4) is 0 Å². The van der Waals surface area contributed by atoms with Crippen molar-refractivity contribution in [3.05, 3.63) is 29.6 Å². The minimum Gasteiger partial charge on any atom is -0.300 e. The molecule has 21 heavy (non-hydrogen) atoms. The van der Waals surface area contributed by atoms with Crippen molar-refractivity contribution >= 4 is 23.6 Å². The van der Waals surface area contributed by atoms with Gasteiger partial charge in [-0.2, -0.15) is 0 Å². The lowest BCUT2D eigenvalue weighted by atomic mass is 10.1. The quantitative estimate of drug-likeness (QED) is 0.764. The number of aryl methyl sites for hydroxylation is 1. The molecule has 0 bridgehead atoms. The zero-order valence-electron chi connectivity index (χ0n) is 13.2. The number of amides is 1. The summed E-state index contributed by atoms with van der Waals surface area (Å²) in [5.74, 6) is -0.391. The van der Waals surface area contributed by atoms with Crippen LogP contribution in [0.15, 0.2) is 23.1 Å². The first-order valence-electron chi connectivity index (χ1n) is 7.26. The Hall–Kier alpha value is -1.36. The molecule has 0 fully saturated rings. The minimum absolute atomic E-state index is 0.208. The molecule has 0 aliphatic rings. The highest BCUT2D eigenvalue weighted by Crippen LogP contribution is 2.20. The Kier molecular flexibility index (Phi) is 10.6. The predicted molar refractivity (Wildman–Crippen MR) is 85.7 cm³/mol. The summed E-state index contributed by atoms with van der Waals surface area (Å²) in [6, 6.07) is 4.82. The Bertz CT molecular complexity index is 464. The van der Waals surface area contributed by atoms with Gasteiger partial charge in [-0.3, -0.25) is 14.3 Å². The van der Waals surface area contributed by atoms with Crippen molar-refractivity contribution in [1.82, 2.24) is 4.72 Å². The van der Waals surface area contributed by atoms with Crippen molar-refractivity contribution in [2.45, 2.75) is 58.3 Å². The van der Waals surface area contributed by atoms with Crippen LogP contribution >= 0.6 is 11.9 Å². The standard InChI is InChI=1S/C14H18FNO2S.C2H6/c1-3-4-12(18)7-5-11-6-8-14(13(15)9-11)19-16-10(2)17;1-2/h6,8-9H,3-5,7H2,1-2H3,(H,16,17);1-2H3. The molecule has 0 aliphatic carbocycles. The van der Waals surface area contributed by atoms with Crippen LogP contribution in [0.25, 0.3) is 0 Å². The maximum atomic E-state index is 13.7. The summed E-state index contributed by atoms with van der Waals surface area (Å²) in [5, 5.41) is 0. The summed E-state index contributed by atoms with van der Waals surface area (Å²) < 4.78 is 16.2. The first-order valence-corrected chi connectivity index (χ1v) is 8.08. The maximum Gasteiger partial charge on any atom is 0.226 e. The van der Waals surface area contributed by atoms with Gasteiger partial charge in [-0.05, 0) is 42.5 Å². The van der Waals surface area contributed by atoms with Gasteiger partial charge in [0.2, 0.25) is 5.91 Å². The number of nitrogens with one attached hydrogen (secondary N) is 1. The van der Waals surface area contributed by atoms with Gasteiger partial charge in [0.1, 0.15) is 11.6 Å². The van der Waals surface area contributed by atoms with Gasteiger partial charge in [-0.1, -0.05) is 26.8 Å². The smallest absolute Gasteiger partial charge is 0.226 e. The second-order valence-electron chi connectivity index (χ2n) is 4.31. The summed E-state index contributed by atoms with van der Waals surface area (Å²) in [5.41, 5.74) is 0.800. The van der Waals surface area contributed by atoms with Crippen LogP contribution in [-0.2, 0) is 16.0 Å². The highest BCUT2D eigenvalue weighted by molar-refractivity contribution is 7.98. The second kappa shape index (κ2) is 11.3. The molecule has 1 aromatic rings. The number of benzene rings is 1. The topological polar surface area (TPSA) is 46.2 Å². The number of hydrogen-bond donors (Lipinski definition) is 1. The molecule has 0 saturated carbocycles. The molecule has 0 heterocycles. The van der Waals surface area contributed by atoms with E-state index in [9.17, 15) is 14.0 Å². The van der Waals surface area contributed by atoms with E-state index >= 15 is 0 Å². The van der Waals surface area contributed by atoms with E-state index in [0.29, 0.717) is 24.2 Å². The third-order valence-corrected chi connectivity index (χ3v) is 3.46. The van der Waals surface area contributed by atoms with Gasteiger partial charge in [0.15, 0.2) is 0 Å². The molecule has 1 rings (SSSR count). The SMILES string of the molecule is CC.CCCC(=O)CCc1ccc(SNC(C)=O)c(F)c1. The molecule has 0 aliphatic heterocycles. The fraction of sp³-hybridized carbons (Fsp3) is 0.500. The van der Waals surface area contributed by atoms with E-state index in [0.717, 1.165) is 23.9 Å². The number of carbonyl (C=O) groups is 2. The van der Waals surface area contributed by atoms with Crippen molar-refractivity contribution < 1.29 is 14.0 Å². The number of carbonyl (C=O) groups excluding carboxylic acids is 2. The summed E-state index contributed by atoms with van der Waals surface area (Å²) in [6.07, 6.45) is 2.44. The summed E-state index contributed by atoms with van der Waals surface area (Å²) in [7, 11) is 0. The molecule has 0 spiro atoms. The lowest BCUT2D eigenvalue weighted by Gasteiger charge is -2.06. The fourth-order valence-corrected chi connectivity index (χ4v) is 2.14. The molecular weight excluding hydrogens is 289 g/mol. The van der Waals surface area contributed by atoms with Crippen LogP contribution in [0.4, 0.5) is 4.39 Å². The van der Waals surface area contributed by atoms with E-state index < -0.39 is 0 Å². The van der Waals surface area contributed by atoms with E-state index in [4.69, 9.17) is 0 Å². The molecule has 118 valence electrons. The fourth-order valence-electron chi connectivity index (χ4n) is 1.60. The zero-order chi connectivity index (χ0) is 16.3. The van der Waals surface area contributed by atoms with Crippen LogP contribution in [0, 0.1) is 5.82 Å². The molecule has 1 N–H and O–H groups in total. The van der Waals surface area contributed by atoms with Crippen LogP contribution in [0.1, 0.15) is 52.5 Å². The average Bonchev–Trinajstić information content (AvgIpc) is 2.46. The number of halogens is 1. The van der Waals surface area contributed by atoms with Gasteiger partial charge < -0.3 is 0 Å².